The van der Waals surface area contributed by atoms with Crippen LogP contribution in [0.5, 0.6) is 0 Å². The van der Waals surface area contributed by atoms with Gasteiger partial charge >= 0.3 is 0 Å². The molecule has 0 saturated heterocycles. The molecule has 2 fully saturated rings. The van der Waals surface area contributed by atoms with E-state index in [1.165, 1.54) is 12.8 Å². The summed E-state index contributed by atoms with van der Waals surface area (Å²) in [4.78, 5) is 12.2. The highest BCUT2D eigenvalue weighted by atomic mass is 16.5. The molecule has 0 aromatic carbocycles. The van der Waals surface area contributed by atoms with E-state index in [1.54, 1.807) is 0 Å². The molecular weight excluding hydrogens is 276 g/mol. The molecule has 3 heteroatoms. The first-order valence-corrected chi connectivity index (χ1v) is 9.07. The summed E-state index contributed by atoms with van der Waals surface area (Å²) < 4.78 is 5.86. The number of aliphatic hydroxyl groups is 1. The summed E-state index contributed by atoms with van der Waals surface area (Å²) in [5.41, 5.74) is -0.380. The van der Waals surface area contributed by atoms with Crippen LogP contribution in [0.25, 0.3) is 0 Å². The molecule has 0 aliphatic heterocycles. The predicted molar refractivity (Wildman–Crippen MR) is 88.7 cm³/mol. The van der Waals surface area contributed by atoms with Gasteiger partial charge in [0.05, 0.1) is 5.60 Å². The quantitative estimate of drug-likeness (QED) is 0.724. The summed E-state index contributed by atoms with van der Waals surface area (Å²) in [6.07, 6.45) is 7.02. The molecule has 0 aromatic heterocycles. The molecule has 4 atom stereocenters. The van der Waals surface area contributed by atoms with E-state index in [0.29, 0.717) is 23.5 Å². The van der Waals surface area contributed by atoms with Gasteiger partial charge in [-0.1, -0.05) is 13.8 Å². The summed E-state index contributed by atoms with van der Waals surface area (Å²) in [6.45, 7) is 9.82. The van der Waals surface area contributed by atoms with Crippen LogP contribution < -0.4 is 0 Å². The first kappa shape index (κ1) is 17.9. The molecule has 128 valence electrons. The minimum absolute atomic E-state index is 0.213. The summed E-state index contributed by atoms with van der Waals surface area (Å²) in [7, 11) is 0. The van der Waals surface area contributed by atoms with Crippen LogP contribution in [0.2, 0.25) is 0 Å². The van der Waals surface area contributed by atoms with Crippen LogP contribution in [0.1, 0.15) is 72.6 Å². The van der Waals surface area contributed by atoms with E-state index in [1.807, 2.05) is 13.8 Å². The molecule has 2 saturated carbocycles. The van der Waals surface area contributed by atoms with Crippen molar-refractivity contribution >= 4 is 5.78 Å². The molecule has 0 bridgehead atoms. The number of carbonyl (C=O) groups is 1. The number of hydrogen-bond donors (Lipinski definition) is 1. The summed E-state index contributed by atoms with van der Waals surface area (Å²) in [6, 6.07) is 0. The van der Waals surface area contributed by atoms with Gasteiger partial charge in [-0.15, -0.1) is 0 Å². The van der Waals surface area contributed by atoms with E-state index in [0.717, 1.165) is 45.3 Å². The summed E-state index contributed by atoms with van der Waals surface area (Å²) >= 11 is 0. The van der Waals surface area contributed by atoms with Gasteiger partial charge in [0.2, 0.25) is 0 Å². The molecule has 1 N–H and O–H groups in total. The molecule has 0 radical (unpaired) electrons. The number of carbonyl (C=O) groups excluding carboxylic acids is 1. The zero-order valence-corrected chi connectivity index (χ0v) is 14.9. The molecule has 0 aromatic rings. The normalized spacial score (nSPS) is 33.8. The molecule has 3 nitrogen and oxygen atoms in total. The molecular formula is C19H34O3. The van der Waals surface area contributed by atoms with Gasteiger partial charge in [0.25, 0.3) is 0 Å². The van der Waals surface area contributed by atoms with Crippen molar-refractivity contribution in [3.05, 3.63) is 0 Å². The van der Waals surface area contributed by atoms with E-state index in [-0.39, 0.29) is 5.41 Å². The second-order valence-corrected chi connectivity index (χ2v) is 8.53. The number of rotatable bonds is 7. The number of fused-ring (bicyclic) bond motifs is 1. The van der Waals surface area contributed by atoms with Gasteiger partial charge in [0.1, 0.15) is 5.78 Å². The van der Waals surface area contributed by atoms with Gasteiger partial charge in [-0.3, -0.25) is 4.79 Å². The van der Waals surface area contributed by atoms with E-state index in [2.05, 4.69) is 13.8 Å². The number of Topliss-reactive ketones (excluding diaryl/α,β-unsaturated/α-hetero) is 1. The van der Waals surface area contributed by atoms with Crippen molar-refractivity contribution in [2.45, 2.75) is 78.2 Å². The van der Waals surface area contributed by atoms with Crippen LogP contribution >= 0.6 is 0 Å². The Bertz CT molecular complexity index is 385. The van der Waals surface area contributed by atoms with E-state index < -0.39 is 5.60 Å². The van der Waals surface area contributed by atoms with Gasteiger partial charge in [-0.25, -0.2) is 0 Å². The molecule has 2 aliphatic rings. The standard InChI is InChI=1S/C19H34O3/c1-14(13-22-12-6-10-18(2,3)21)15-8-9-16-17(20)7-5-11-19(15,16)4/h14-16,21H,5-13H2,1-4H3/t14-,15+,16-,19+/m0/s1. The average Bonchev–Trinajstić information content (AvgIpc) is 2.75. The third-order valence-electron chi connectivity index (χ3n) is 6.08. The minimum atomic E-state index is -0.594. The van der Waals surface area contributed by atoms with Crippen molar-refractivity contribution in [3.8, 4) is 0 Å². The Kier molecular flexibility index (Phi) is 5.71. The Balaban J connectivity index is 1.78. The fourth-order valence-electron chi connectivity index (χ4n) is 4.90. The van der Waals surface area contributed by atoms with Crippen LogP contribution in [0, 0.1) is 23.2 Å². The zero-order chi connectivity index (χ0) is 16.4. The van der Waals surface area contributed by atoms with Crippen LogP contribution in [0.4, 0.5) is 0 Å². The van der Waals surface area contributed by atoms with Crippen molar-refractivity contribution in [2.75, 3.05) is 13.2 Å². The van der Waals surface area contributed by atoms with Crippen molar-refractivity contribution < 1.29 is 14.6 Å². The van der Waals surface area contributed by atoms with E-state index in [9.17, 15) is 9.90 Å². The molecule has 22 heavy (non-hydrogen) atoms. The summed E-state index contributed by atoms with van der Waals surface area (Å²) in [5.74, 6) is 1.96. The van der Waals surface area contributed by atoms with Gasteiger partial charge < -0.3 is 9.84 Å². The van der Waals surface area contributed by atoms with E-state index in [4.69, 9.17) is 4.74 Å². The highest BCUT2D eigenvalue weighted by Gasteiger charge is 2.52. The second kappa shape index (κ2) is 7.00. The minimum Gasteiger partial charge on any atom is -0.390 e. The number of hydrogen-bond acceptors (Lipinski definition) is 3. The average molecular weight is 310 g/mol. The Hall–Kier alpha value is -0.410. The lowest BCUT2D eigenvalue weighted by Gasteiger charge is -2.42. The molecule has 2 rings (SSSR count). The summed E-state index contributed by atoms with van der Waals surface area (Å²) in [5, 5.41) is 9.70. The first-order valence-electron chi connectivity index (χ1n) is 9.07. The Morgan fingerprint density at radius 3 is 2.82 bits per heavy atom. The lowest BCUT2D eigenvalue weighted by molar-refractivity contribution is -0.130. The van der Waals surface area contributed by atoms with Crippen molar-refractivity contribution in [3.63, 3.8) is 0 Å². The fourth-order valence-corrected chi connectivity index (χ4v) is 4.90. The largest absolute Gasteiger partial charge is 0.390 e. The van der Waals surface area contributed by atoms with Gasteiger partial charge in [-0.2, -0.15) is 0 Å². The van der Waals surface area contributed by atoms with Gasteiger partial charge in [0, 0.05) is 25.6 Å². The maximum atomic E-state index is 12.2. The molecule has 0 spiro atoms. The SMILES string of the molecule is C[C@@H](COCCCC(C)(C)O)[C@H]1CC[C@H]2C(=O)CCC[C@]12C. The first-order chi connectivity index (χ1) is 10.2. The molecule has 0 heterocycles. The highest BCUT2D eigenvalue weighted by Crippen LogP contribution is 2.56. The number of ether oxygens (including phenoxy) is 1. The van der Waals surface area contributed by atoms with Crippen LogP contribution in [-0.4, -0.2) is 29.7 Å². The monoisotopic (exact) mass is 310 g/mol. The van der Waals surface area contributed by atoms with Gasteiger partial charge in [-0.05, 0) is 69.6 Å². The Morgan fingerprint density at radius 1 is 1.41 bits per heavy atom. The smallest absolute Gasteiger partial charge is 0.136 e. The van der Waals surface area contributed by atoms with Crippen LogP contribution in [-0.2, 0) is 9.53 Å². The topological polar surface area (TPSA) is 46.5 Å². The molecule has 0 unspecified atom stereocenters. The Morgan fingerprint density at radius 2 is 2.14 bits per heavy atom. The predicted octanol–water partition coefficient (Wildman–Crippen LogP) is 3.98. The van der Waals surface area contributed by atoms with Crippen molar-refractivity contribution in [1.29, 1.82) is 0 Å². The van der Waals surface area contributed by atoms with Gasteiger partial charge in [0.15, 0.2) is 0 Å². The number of ketones is 1. The highest BCUT2D eigenvalue weighted by molar-refractivity contribution is 5.83. The van der Waals surface area contributed by atoms with Crippen molar-refractivity contribution in [2.24, 2.45) is 23.2 Å². The third kappa shape index (κ3) is 4.11. The van der Waals surface area contributed by atoms with Crippen LogP contribution in [0.15, 0.2) is 0 Å². The maximum Gasteiger partial charge on any atom is 0.136 e. The zero-order valence-electron chi connectivity index (χ0n) is 14.9. The maximum absolute atomic E-state index is 12.2. The van der Waals surface area contributed by atoms with Crippen molar-refractivity contribution in [1.82, 2.24) is 0 Å². The lowest BCUT2D eigenvalue weighted by Crippen LogP contribution is -2.40. The van der Waals surface area contributed by atoms with Crippen LogP contribution in [0.3, 0.4) is 0 Å². The van der Waals surface area contributed by atoms with E-state index >= 15 is 0 Å². The fraction of sp³-hybridized carbons (Fsp3) is 0.947. The second-order valence-electron chi connectivity index (χ2n) is 8.53. The lowest BCUT2D eigenvalue weighted by atomic mass is 9.62. The molecule has 2 aliphatic carbocycles. The molecule has 0 amide bonds. The Labute approximate surface area is 135 Å². The third-order valence-corrected chi connectivity index (χ3v) is 6.08.